The first-order chi connectivity index (χ1) is 13.5. The molecular weight excluding hydrogens is 372 g/mol. The van der Waals surface area contributed by atoms with E-state index in [2.05, 4.69) is 29.6 Å². The summed E-state index contributed by atoms with van der Waals surface area (Å²) < 4.78 is 0. The van der Waals surface area contributed by atoms with E-state index in [0.717, 1.165) is 37.9 Å². The zero-order chi connectivity index (χ0) is 19.9. The van der Waals surface area contributed by atoms with Gasteiger partial charge in [-0.2, -0.15) is 0 Å². The largest absolute Gasteiger partial charge is 0.349 e. The molecule has 148 valence electrons. The minimum absolute atomic E-state index is 0.0897. The normalized spacial score (nSPS) is 15.9. The molecule has 0 aromatic heterocycles. The van der Waals surface area contributed by atoms with Crippen LogP contribution < -0.4 is 5.32 Å². The minimum atomic E-state index is -0.329. The lowest BCUT2D eigenvalue weighted by Crippen LogP contribution is -2.41. The third kappa shape index (κ3) is 5.83. The predicted octanol–water partition coefficient (Wildman–Crippen LogP) is 4.39. The topological polar surface area (TPSA) is 49.4 Å². The highest BCUT2D eigenvalue weighted by Crippen LogP contribution is 2.25. The molecule has 1 aliphatic rings. The van der Waals surface area contributed by atoms with Gasteiger partial charge in [0.15, 0.2) is 0 Å². The van der Waals surface area contributed by atoms with E-state index in [1.165, 1.54) is 12.5 Å². The third-order valence-electron chi connectivity index (χ3n) is 5.36. The van der Waals surface area contributed by atoms with Crippen LogP contribution in [-0.2, 0) is 16.0 Å². The average Bonchev–Trinajstić information content (AvgIpc) is 2.69. The van der Waals surface area contributed by atoms with Crippen LogP contribution in [0.2, 0.25) is 5.02 Å². The van der Waals surface area contributed by atoms with Crippen molar-refractivity contribution in [2.75, 3.05) is 13.1 Å². The minimum Gasteiger partial charge on any atom is -0.349 e. The lowest BCUT2D eigenvalue weighted by atomic mass is 9.90. The molecule has 2 amide bonds. The van der Waals surface area contributed by atoms with E-state index in [0.29, 0.717) is 10.9 Å². The standard InChI is InChI=1S/C23H27ClN2O2/c1-17(27)25-22(20-7-9-21(24)10-8-20)16-23(28)26-13-11-19(12-14-26)15-18-5-3-2-4-6-18/h2-10,19,22H,11-16H2,1H3,(H,25,27). The summed E-state index contributed by atoms with van der Waals surface area (Å²) in [6.45, 7) is 3.04. The van der Waals surface area contributed by atoms with E-state index in [9.17, 15) is 9.59 Å². The Morgan fingerprint density at radius 2 is 1.71 bits per heavy atom. The molecule has 0 saturated carbocycles. The Bertz CT molecular complexity index is 784. The number of carbonyl (C=O) groups is 2. The molecule has 1 N–H and O–H groups in total. The fraction of sp³-hybridized carbons (Fsp3) is 0.391. The van der Waals surface area contributed by atoms with Crippen LogP contribution in [0, 0.1) is 5.92 Å². The summed E-state index contributed by atoms with van der Waals surface area (Å²) in [5, 5.41) is 3.53. The molecule has 1 unspecified atom stereocenters. The van der Waals surface area contributed by atoms with Crippen molar-refractivity contribution < 1.29 is 9.59 Å². The summed E-state index contributed by atoms with van der Waals surface area (Å²) >= 11 is 5.96. The number of hydrogen-bond acceptors (Lipinski definition) is 2. The second-order valence-electron chi connectivity index (χ2n) is 7.52. The molecule has 0 bridgehead atoms. The Morgan fingerprint density at radius 3 is 2.32 bits per heavy atom. The van der Waals surface area contributed by atoms with Crippen molar-refractivity contribution in [3.8, 4) is 0 Å². The number of amides is 2. The van der Waals surface area contributed by atoms with Crippen LogP contribution in [0.1, 0.15) is 43.4 Å². The number of likely N-dealkylation sites (tertiary alicyclic amines) is 1. The second kappa shape index (κ2) is 9.74. The number of nitrogens with one attached hydrogen (secondary N) is 1. The van der Waals surface area contributed by atoms with E-state index in [1.807, 2.05) is 23.1 Å². The first-order valence-electron chi connectivity index (χ1n) is 9.85. The van der Waals surface area contributed by atoms with Gasteiger partial charge in [0.05, 0.1) is 12.5 Å². The predicted molar refractivity (Wildman–Crippen MR) is 112 cm³/mol. The Balaban J connectivity index is 1.55. The number of piperidine rings is 1. The van der Waals surface area contributed by atoms with Crippen molar-refractivity contribution in [2.24, 2.45) is 5.92 Å². The van der Waals surface area contributed by atoms with Crippen molar-refractivity contribution in [3.05, 3.63) is 70.7 Å². The van der Waals surface area contributed by atoms with E-state index >= 15 is 0 Å². The van der Waals surface area contributed by atoms with Crippen molar-refractivity contribution in [1.82, 2.24) is 10.2 Å². The highest BCUT2D eigenvalue weighted by Gasteiger charge is 2.26. The Labute approximate surface area is 171 Å². The first kappa shape index (κ1) is 20.4. The summed E-state index contributed by atoms with van der Waals surface area (Å²) in [5.41, 5.74) is 2.26. The maximum absolute atomic E-state index is 12.8. The Morgan fingerprint density at radius 1 is 1.07 bits per heavy atom. The molecule has 28 heavy (non-hydrogen) atoms. The van der Waals surface area contributed by atoms with Gasteiger partial charge in [-0.3, -0.25) is 9.59 Å². The van der Waals surface area contributed by atoms with E-state index < -0.39 is 0 Å². The third-order valence-corrected chi connectivity index (χ3v) is 5.62. The SMILES string of the molecule is CC(=O)NC(CC(=O)N1CCC(Cc2ccccc2)CC1)c1ccc(Cl)cc1. The molecule has 4 nitrogen and oxygen atoms in total. The van der Waals surface area contributed by atoms with Gasteiger partial charge in [-0.15, -0.1) is 0 Å². The second-order valence-corrected chi connectivity index (χ2v) is 7.96. The van der Waals surface area contributed by atoms with E-state index in [4.69, 9.17) is 11.6 Å². The lowest BCUT2D eigenvalue weighted by molar-refractivity contribution is -0.133. The highest BCUT2D eigenvalue weighted by molar-refractivity contribution is 6.30. The highest BCUT2D eigenvalue weighted by atomic mass is 35.5. The molecule has 1 fully saturated rings. The fourth-order valence-electron chi connectivity index (χ4n) is 3.83. The van der Waals surface area contributed by atoms with Gasteiger partial charge in [0.2, 0.25) is 11.8 Å². The molecule has 1 aliphatic heterocycles. The van der Waals surface area contributed by atoms with Gasteiger partial charge in [-0.1, -0.05) is 54.1 Å². The molecule has 2 aromatic rings. The molecule has 3 rings (SSSR count). The number of nitrogens with zero attached hydrogens (tertiary/aromatic N) is 1. The monoisotopic (exact) mass is 398 g/mol. The van der Waals surface area contributed by atoms with Crippen LogP contribution in [0.5, 0.6) is 0 Å². The zero-order valence-electron chi connectivity index (χ0n) is 16.2. The molecule has 1 saturated heterocycles. The number of halogens is 1. The first-order valence-corrected chi connectivity index (χ1v) is 10.2. The van der Waals surface area contributed by atoms with Crippen LogP contribution in [0.15, 0.2) is 54.6 Å². The molecule has 0 spiro atoms. The van der Waals surface area contributed by atoms with Crippen LogP contribution in [-0.4, -0.2) is 29.8 Å². The van der Waals surface area contributed by atoms with Crippen LogP contribution >= 0.6 is 11.6 Å². The maximum atomic E-state index is 12.8. The Kier molecular flexibility index (Phi) is 7.10. The van der Waals surface area contributed by atoms with Crippen molar-refractivity contribution >= 4 is 23.4 Å². The van der Waals surface area contributed by atoms with Gasteiger partial charge in [0.25, 0.3) is 0 Å². The fourth-order valence-corrected chi connectivity index (χ4v) is 3.96. The van der Waals surface area contributed by atoms with Crippen LogP contribution in [0.4, 0.5) is 0 Å². The number of rotatable bonds is 6. The molecule has 0 aliphatic carbocycles. The van der Waals surface area contributed by atoms with Crippen LogP contribution in [0.25, 0.3) is 0 Å². The summed E-state index contributed by atoms with van der Waals surface area (Å²) in [6, 6.07) is 17.5. The summed E-state index contributed by atoms with van der Waals surface area (Å²) in [7, 11) is 0. The summed E-state index contributed by atoms with van der Waals surface area (Å²) in [6.07, 6.45) is 3.38. The quantitative estimate of drug-likeness (QED) is 0.784. The molecule has 0 radical (unpaired) electrons. The summed E-state index contributed by atoms with van der Waals surface area (Å²) in [4.78, 5) is 26.4. The molecule has 2 aromatic carbocycles. The summed E-state index contributed by atoms with van der Waals surface area (Å²) in [5.74, 6) is 0.565. The number of carbonyl (C=O) groups excluding carboxylic acids is 2. The van der Waals surface area contributed by atoms with Gasteiger partial charge < -0.3 is 10.2 Å². The number of benzene rings is 2. The van der Waals surface area contributed by atoms with E-state index in [1.54, 1.807) is 12.1 Å². The van der Waals surface area contributed by atoms with Gasteiger partial charge in [0, 0.05) is 25.0 Å². The Hall–Kier alpha value is -2.33. The van der Waals surface area contributed by atoms with Crippen molar-refractivity contribution in [3.63, 3.8) is 0 Å². The van der Waals surface area contributed by atoms with Gasteiger partial charge in [0.1, 0.15) is 0 Å². The average molecular weight is 399 g/mol. The van der Waals surface area contributed by atoms with Gasteiger partial charge in [-0.25, -0.2) is 0 Å². The van der Waals surface area contributed by atoms with Gasteiger partial charge in [-0.05, 0) is 48.4 Å². The van der Waals surface area contributed by atoms with Gasteiger partial charge >= 0.3 is 0 Å². The lowest BCUT2D eigenvalue weighted by Gasteiger charge is -2.33. The van der Waals surface area contributed by atoms with E-state index in [-0.39, 0.29) is 24.3 Å². The maximum Gasteiger partial charge on any atom is 0.224 e. The molecule has 1 atom stereocenters. The van der Waals surface area contributed by atoms with Crippen molar-refractivity contribution in [1.29, 1.82) is 0 Å². The van der Waals surface area contributed by atoms with Crippen molar-refractivity contribution in [2.45, 2.75) is 38.6 Å². The molecule has 1 heterocycles. The van der Waals surface area contributed by atoms with Crippen LogP contribution in [0.3, 0.4) is 0 Å². The zero-order valence-corrected chi connectivity index (χ0v) is 17.0. The molecular formula is C23H27ClN2O2. The smallest absolute Gasteiger partial charge is 0.224 e. The number of hydrogen-bond donors (Lipinski definition) is 1. The molecule has 5 heteroatoms.